The number of nitrogens with two attached hydrogens (primary N) is 1. The lowest BCUT2D eigenvalue weighted by atomic mass is 9.95. The molecular formula is C31H42N4O5. The predicted octanol–water partition coefficient (Wildman–Crippen LogP) is 4.75. The highest BCUT2D eigenvalue weighted by atomic mass is 16.6. The number of benzene rings is 2. The highest BCUT2D eigenvalue weighted by Gasteiger charge is 2.44. The number of carbonyl (C=O) groups excluding carboxylic acids is 4. The number of hydrogen-bond acceptors (Lipinski definition) is 5. The summed E-state index contributed by atoms with van der Waals surface area (Å²) in [6, 6.07) is 9.27. The first kappa shape index (κ1) is 30.7. The van der Waals surface area contributed by atoms with Crippen LogP contribution in [0.2, 0.25) is 0 Å². The van der Waals surface area contributed by atoms with Crippen molar-refractivity contribution in [2.75, 3.05) is 5.32 Å². The van der Waals surface area contributed by atoms with E-state index in [0.29, 0.717) is 11.3 Å². The number of aryl methyl sites for hydroxylation is 4. The number of alkyl carbamates (subject to hydrolysis) is 1. The number of para-hydroxylation sites is 1. The Labute approximate surface area is 236 Å². The fourth-order valence-electron chi connectivity index (χ4n) is 4.80. The highest BCUT2D eigenvalue weighted by Crippen LogP contribution is 2.38. The van der Waals surface area contributed by atoms with Crippen molar-refractivity contribution in [3.63, 3.8) is 0 Å². The Morgan fingerprint density at radius 2 is 1.62 bits per heavy atom. The van der Waals surface area contributed by atoms with E-state index in [1.807, 2.05) is 64.1 Å². The van der Waals surface area contributed by atoms with Gasteiger partial charge in [0.15, 0.2) is 0 Å². The van der Waals surface area contributed by atoms with E-state index in [1.54, 1.807) is 25.7 Å². The minimum absolute atomic E-state index is 0.0191. The molecule has 1 saturated carbocycles. The first-order valence-electron chi connectivity index (χ1n) is 13.7. The molecule has 9 nitrogen and oxygen atoms in total. The van der Waals surface area contributed by atoms with Gasteiger partial charge in [-0.1, -0.05) is 42.0 Å². The van der Waals surface area contributed by atoms with Gasteiger partial charge in [0.2, 0.25) is 11.8 Å². The normalized spacial score (nSPS) is 14.6. The molecule has 0 radical (unpaired) electrons. The fraction of sp³-hybridized carbons (Fsp3) is 0.484. The topological polar surface area (TPSA) is 131 Å². The molecule has 216 valence electrons. The van der Waals surface area contributed by atoms with E-state index in [-0.39, 0.29) is 24.8 Å². The first-order valence-corrected chi connectivity index (χ1v) is 13.7. The quantitative estimate of drug-likeness (QED) is 0.393. The second-order valence-electron chi connectivity index (χ2n) is 11.7. The van der Waals surface area contributed by atoms with Gasteiger partial charge in [-0.25, -0.2) is 4.79 Å². The molecule has 0 heterocycles. The molecule has 9 heteroatoms. The molecule has 2 atom stereocenters. The molecule has 2 aromatic carbocycles. The summed E-state index contributed by atoms with van der Waals surface area (Å²) in [5.41, 5.74) is 9.71. The molecule has 2 aromatic rings. The standard InChI is InChI=1S/C31H42N4O5/c1-18-11-14-23(21(4)17-18)27(28(37)34-26-19(2)9-8-10-20(26)3)35(22-12-13-22)29(38)24(15-16-25(32)36)33-30(39)40-31(5,6)7/h8-11,14,17,22,24,27H,12-13,15-16H2,1-7H3,(H2,32,36)(H,33,39)(H,34,37). The Balaban J connectivity index is 2.06. The molecule has 4 amide bonds. The van der Waals surface area contributed by atoms with E-state index in [1.165, 1.54) is 0 Å². The molecule has 0 aliphatic heterocycles. The van der Waals surface area contributed by atoms with Gasteiger partial charge in [0, 0.05) is 18.2 Å². The van der Waals surface area contributed by atoms with Crippen molar-refractivity contribution in [1.82, 2.24) is 10.2 Å². The van der Waals surface area contributed by atoms with E-state index in [2.05, 4.69) is 10.6 Å². The Hall–Kier alpha value is -3.88. The number of carbonyl (C=O) groups is 4. The average Bonchev–Trinajstić information content (AvgIpc) is 3.66. The van der Waals surface area contributed by atoms with Crippen molar-refractivity contribution >= 4 is 29.5 Å². The smallest absolute Gasteiger partial charge is 0.408 e. The lowest BCUT2D eigenvalue weighted by Crippen LogP contribution is -2.53. The first-order chi connectivity index (χ1) is 18.7. The number of rotatable bonds is 10. The van der Waals surface area contributed by atoms with Crippen LogP contribution in [0, 0.1) is 27.7 Å². The molecular weight excluding hydrogens is 508 g/mol. The van der Waals surface area contributed by atoms with Gasteiger partial charge in [0.05, 0.1) is 0 Å². The van der Waals surface area contributed by atoms with Crippen LogP contribution in [0.3, 0.4) is 0 Å². The number of ether oxygens (including phenoxy) is 1. The van der Waals surface area contributed by atoms with Crippen molar-refractivity contribution in [3.05, 3.63) is 64.2 Å². The monoisotopic (exact) mass is 550 g/mol. The summed E-state index contributed by atoms with van der Waals surface area (Å²) in [5.74, 6) is -1.41. The zero-order valence-electron chi connectivity index (χ0n) is 24.6. The number of nitrogens with zero attached hydrogens (tertiary/aromatic N) is 1. The van der Waals surface area contributed by atoms with Gasteiger partial charge in [-0.15, -0.1) is 0 Å². The van der Waals surface area contributed by atoms with E-state index in [4.69, 9.17) is 10.5 Å². The largest absolute Gasteiger partial charge is 0.444 e. The van der Waals surface area contributed by atoms with Crippen LogP contribution < -0.4 is 16.4 Å². The maximum atomic E-state index is 14.2. The molecule has 0 aromatic heterocycles. The lowest BCUT2D eigenvalue weighted by Gasteiger charge is -2.35. The molecule has 3 rings (SSSR count). The minimum atomic E-state index is -1.11. The van der Waals surface area contributed by atoms with Crippen LogP contribution >= 0.6 is 0 Å². The fourth-order valence-corrected chi connectivity index (χ4v) is 4.80. The number of primary amides is 1. The van der Waals surface area contributed by atoms with Crippen LogP contribution in [0.15, 0.2) is 36.4 Å². The van der Waals surface area contributed by atoms with Crippen LogP contribution in [0.5, 0.6) is 0 Å². The Kier molecular flexibility index (Phi) is 9.60. The molecule has 0 saturated heterocycles. The maximum Gasteiger partial charge on any atom is 0.408 e. The van der Waals surface area contributed by atoms with E-state index >= 15 is 0 Å². The highest BCUT2D eigenvalue weighted by molar-refractivity contribution is 6.00. The predicted molar refractivity (Wildman–Crippen MR) is 155 cm³/mol. The number of anilines is 1. The van der Waals surface area contributed by atoms with Crippen LogP contribution in [-0.2, 0) is 19.1 Å². The zero-order chi connectivity index (χ0) is 29.8. The van der Waals surface area contributed by atoms with Gasteiger partial charge >= 0.3 is 6.09 Å². The summed E-state index contributed by atoms with van der Waals surface area (Å²) in [6.45, 7) is 12.9. The van der Waals surface area contributed by atoms with Gasteiger partial charge in [0.25, 0.3) is 5.91 Å². The Bertz CT molecular complexity index is 1260. The summed E-state index contributed by atoms with van der Waals surface area (Å²) in [6.07, 6.45) is 0.522. The molecule has 0 spiro atoms. The third-order valence-corrected chi connectivity index (χ3v) is 6.84. The molecule has 1 aliphatic rings. The van der Waals surface area contributed by atoms with Crippen molar-refractivity contribution < 1.29 is 23.9 Å². The van der Waals surface area contributed by atoms with E-state index in [0.717, 1.165) is 35.1 Å². The van der Waals surface area contributed by atoms with Crippen LogP contribution in [0.1, 0.15) is 80.3 Å². The summed E-state index contributed by atoms with van der Waals surface area (Å²) >= 11 is 0. The lowest BCUT2D eigenvalue weighted by molar-refractivity contribution is -0.141. The van der Waals surface area contributed by atoms with Crippen molar-refractivity contribution in [1.29, 1.82) is 0 Å². The second kappa shape index (κ2) is 12.5. The van der Waals surface area contributed by atoms with Gasteiger partial charge in [-0.2, -0.15) is 0 Å². The van der Waals surface area contributed by atoms with E-state index < -0.39 is 35.6 Å². The number of hydrogen-bond donors (Lipinski definition) is 3. The van der Waals surface area contributed by atoms with Gasteiger partial charge in [-0.05, 0) is 90.0 Å². The molecule has 1 fully saturated rings. The summed E-state index contributed by atoms with van der Waals surface area (Å²) in [4.78, 5) is 54.3. The molecule has 0 bridgehead atoms. The molecule has 1 aliphatic carbocycles. The molecule has 2 unspecified atom stereocenters. The van der Waals surface area contributed by atoms with Crippen LogP contribution in [0.4, 0.5) is 10.5 Å². The molecule has 40 heavy (non-hydrogen) atoms. The summed E-state index contributed by atoms with van der Waals surface area (Å²) in [5, 5.41) is 5.72. The average molecular weight is 551 g/mol. The van der Waals surface area contributed by atoms with E-state index in [9.17, 15) is 19.2 Å². The van der Waals surface area contributed by atoms with Gasteiger partial charge in [-0.3, -0.25) is 14.4 Å². The van der Waals surface area contributed by atoms with Crippen molar-refractivity contribution in [2.45, 2.75) is 97.9 Å². The van der Waals surface area contributed by atoms with Gasteiger partial charge < -0.3 is 26.0 Å². The zero-order valence-corrected chi connectivity index (χ0v) is 24.6. The summed E-state index contributed by atoms with van der Waals surface area (Å²) < 4.78 is 5.39. The minimum Gasteiger partial charge on any atom is -0.444 e. The third kappa shape index (κ3) is 8.07. The van der Waals surface area contributed by atoms with Crippen molar-refractivity contribution in [2.24, 2.45) is 5.73 Å². The third-order valence-electron chi connectivity index (χ3n) is 6.84. The van der Waals surface area contributed by atoms with Gasteiger partial charge in [0.1, 0.15) is 17.7 Å². The summed E-state index contributed by atoms with van der Waals surface area (Å²) in [7, 11) is 0. The van der Waals surface area contributed by atoms with Crippen molar-refractivity contribution in [3.8, 4) is 0 Å². The maximum absolute atomic E-state index is 14.2. The molecule has 4 N–H and O–H groups in total. The second-order valence-corrected chi connectivity index (χ2v) is 11.7. The number of amides is 4. The Morgan fingerprint density at radius 1 is 1.00 bits per heavy atom. The van der Waals surface area contributed by atoms with Crippen LogP contribution in [0.25, 0.3) is 0 Å². The Morgan fingerprint density at radius 3 is 2.15 bits per heavy atom. The van der Waals surface area contributed by atoms with Crippen LogP contribution in [-0.4, -0.2) is 46.4 Å². The number of nitrogens with one attached hydrogen (secondary N) is 2. The SMILES string of the molecule is Cc1ccc(C(C(=O)Nc2c(C)cccc2C)N(C(=O)C(CCC(N)=O)NC(=O)OC(C)(C)C)C2CC2)c(C)c1.